The Morgan fingerprint density at radius 3 is 2.61 bits per heavy atom. The molecule has 5 rings (SSSR count). The van der Waals surface area contributed by atoms with Crippen molar-refractivity contribution in [3.05, 3.63) is 99.9 Å². The second kappa shape index (κ2) is 10.6. The predicted octanol–water partition coefficient (Wildman–Crippen LogP) is 6.71. The fraction of sp³-hybridized carbons (Fsp3) is 0.323. The van der Waals surface area contributed by atoms with Crippen LogP contribution in [0.3, 0.4) is 0 Å². The van der Waals surface area contributed by atoms with Crippen LogP contribution in [0.1, 0.15) is 30.4 Å². The molecule has 0 spiro atoms. The number of rotatable bonds is 10. The Bertz CT molecular complexity index is 1650. The highest BCUT2D eigenvalue weighted by molar-refractivity contribution is 7.90. The van der Waals surface area contributed by atoms with Crippen molar-refractivity contribution in [2.45, 2.75) is 31.9 Å². The molecular formula is C31H28F4O5S. The number of aliphatic carboxylic acids is 1. The monoisotopic (exact) mass is 588 g/mol. The van der Waals surface area contributed by atoms with Crippen molar-refractivity contribution < 1.29 is 40.6 Å². The second-order valence-corrected chi connectivity index (χ2v) is 13.0. The van der Waals surface area contributed by atoms with Crippen LogP contribution in [0.25, 0.3) is 11.1 Å². The summed E-state index contributed by atoms with van der Waals surface area (Å²) in [6.07, 6.45) is 1.86. The summed E-state index contributed by atoms with van der Waals surface area (Å²) >= 11 is 0. The van der Waals surface area contributed by atoms with Crippen LogP contribution in [0.2, 0.25) is 0 Å². The van der Waals surface area contributed by atoms with Crippen LogP contribution in [0.15, 0.2) is 83.0 Å². The van der Waals surface area contributed by atoms with Crippen molar-refractivity contribution in [3.8, 4) is 16.9 Å². The molecule has 2 aromatic rings. The number of fused-ring (bicyclic) bond motifs is 3. The lowest BCUT2D eigenvalue weighted by Gasteiger charge is -2.21. The van der Waals surface area contributed by atoms with Crippen LogP contribution in [0.4, 0.5) is 17.6 Å². The maximum Gasteiger partial charge on any atom is 0.417 e. The molecule has 1 fully saturated rings. The average Bonchev–Trinajstić information content (AvgIpc) is 3.49. The zero-order valence-corrected chi connectivity index (χ0v) is 23.0. The van der Waals surface area contributed by atoms with E-state index in [0.29, 0.717) is 18.4 Å². The smallest absolute Gasteiger partial charge is 0.417 e. The number of allylic oxidation sites excluding steroid dienone is 6. The first kappa shape index (κ1) is 28.9. The maximum absolute atomic E-state index is 14.8. The highest BCUT2D eigenvalue weighted by Crippen LogP contribution is 2.59. The van der Waals surface area contributed by atoms with E-state index in [9.17, 15) is 35.9 Å². The number of sulfone groups is 1. The first-order valence-electron chi connectivity index (χ1n) is 13.1. The largest absolute Gasteiger partial charge is 0.494 e. The zero-order chi connectivity index (χ0) is 29.7. The fourth-order valence-electron chi connectivity index (χ4n) is 5.67. The van der Waals surface area contributed by atoms with E-state index in [2.05, 4.69) is 12.7 Å². The average molecular weight is 589 g/mol. The van der Waals surface area contributed by atoms with Gasteiger partial charge in [0, 0.05) is 23.7 Å². The van der Waals surface area contributed by atoms with Crippen LogP contribution in [0.5, 0.6) is 5.75 Å². The molecule has 3 aliphatic carbocycles. The van der Waals surface area contributed by atoms with Gasteiger partial charge in [-0.2, -0.15) is 13.2 Å². The molecule has 1 N–H and O–H groups in total. The van der Waals surface area contributed by atoms with E-state index in [1.165, 1.54) is 24.3 Å². The molecule has 0 radical (unpaired) electrons. The van der Waals surface area contributed by atoms with Gasteiger partial charge >= 0.3 is 12.1 Å². The van der Waals surface area contributed by atoms with Crippen LogP contribution in [-0.2, 0) is 27.2 Å². The normalized spacial score (nSPS) is 19.9. The molecule has 1 saturated carbocycles. The molecule has 0 heterocycles. The molecule has 0 aromatic heterocycles. The van der Waals surface area contributed by atoms with Crippen molar-refractivity contribution in [1.82, 2.24) is 0 Å². The van der Waals surface area contributed by atoms with Crippen molar-refractivity contribution >= 4 is 15.8 Å². The minimum Gasteiger partial charge on any atom is -0.494 e. The highest BCUT2D eigenvalue weighted by Gasteiger charge is 2.50. The lowest BCUT2D eigenvalue weighted by Crippen LogP contribution is -2.10. The van der Waals surface area contributed by atoms with Gasteiger partial charge in [-0.15, -0.1) is 0 Å². The van der Waals surface area contributed by atoms with Crippen LogP contribution < -0.4 is 4.74 Å². The van der Waals surface area contributed by atoms with Crippen molar-refractivity contribution in [1.29, 1.82) is 0 Å². The van der Waals surface area contributed by atoms with Gasteiger partial charge < -0.3 is 9.84 Å². The Labute approximate surface area is 235 Å². The van der Waals surface area contributed by atoms with Crippen molar-refractivity contribution in [2.75, 3.05) is 18.6 Å². The van der Waals surface area contributed by atoms with Crippen molar-refractivity contribution in [3.63, 3.8) is 0 Å². The molecule has 216 valence electrons. The van der Waals surface area contributed by atoms with Gasteiger partial charge in [0.2, 0.25) is 0 Å². The van der Waals surface area contributed by atoms with Gasteiger partial charge in [-0.1, -0.05) is 30.9 Å². The SMILES string of the molecule is C=C1C=C2C(=CC1CCc1cc(-c3ccc(OCCCS(C)(=O)=O)cc3C(F)(F)F)ccc1F)C[C@H]1C(C(=O)O)=C21. The molecule has 41 heavy (non-hydrogen) atoms. The summed E-state index contributed by atoms with van der Waals surface area (Å²) in [5, 5.41) is 9.30. The van der Waals surface area contributed by atoms with Gasteiger partial charge in [0.05, 0.1) is 17.9 Å². The maximum atomic E-state index is 14.8. The van der Waals surface area contributed by atoms with E-state index in [-0.39, 0.29) is 59.5 Å². The molecule has 1 unspecified atom stereocenters. The summed E-state index contributed by atoms with van der Waals surface area (Å²) in [6, 6.07) is 7.44. The third-order valence-electron chi connectivity index (χ3n) is 7.71. The molecule has 10 heteroatoms. The first-order valence-corrected chi connectivity index (χ1v) is 15.2. The highest BCUT2D eigenvalue weighted by atomic mass is 32.2. The quantitative estimate of drug-likeness (QED) is 0.247. The molecule has 0 aliphatic heterocycles. The molecule has 0 bridgehead atoms. The minimum absolute atomic E-state index is 0.0380. The van der Waals surface area contributed by atoms with E-state index in [4.69, 9.17) is 4.74 Å². The number of benzene rings is 2. The van der Waals surface area contributed by atoms with E-state index >= 15 is 0 Å². The van der Waals surface area contributed by atoms with E-state index in [0.717, 1.165) is 40.7 Å². The molecule has 0 saturated heterocycles. The standard InChI is InChI=1S/C31H28F4O5S/c1-17-12-24-21(15-25-28(24)29(25)30(36)37)13-18(17)4-5-20-14-19(6-9-27(20)32)23-8-7-22(16-26(23)31(33,34)35)40-10-3-11-41(2,38)39/h6-9,12-14,16,18,25H,1,3-5,10-11,15H2,2H3,(H,36,37)/t18?,25-/m1/s1. The number of carboxylic acids is 1. The van der Waals surface area contributed by atoms with Crippen LogP contribution >= 0.6 is 0 Å². The number of ether oxygens (including phenoxy) is 1. The van der Waals surface area contributed by atoms with Gasteiger partial charge in [0.15, 0.2) is 0 Å². The predicted molar refractivity (Wildman–Crippen MR) is 147 cm³/mol. The number of aryl methyl sites for hydroxylation is 1. The topological polar surface area (TPSA) is 80.7 Å². The molecule has 2 aromatic carbocycles. The lowest BCUT2D eigenvalue weighted by molar-refractivity contribution is -0.137. The third kappa shape index (κ3) is 6.17. The van der Waals surface area contributed by atoms with Gasteiger partial charge in [0.1, 0.15) is 21.4 Å². The van der Waals surface area contributed by atoms with Crippen molar-refractivity contribution in [2.24, 2.45) is 11.8 Å². The molecule has 3 aliphatic rings. The van der Waals surface area contributed by atoms with Crippen LogP contribution in [0, 0.1) is 17.7 Å². The van der Waals surface area contributed by atoms with E-state index in [1.807, 2.05) is 6.08 Å². The summed E-state index contributed by atoms with van der Waals surface area (Å²) in [4.78, 5) is 11.3. The minimum atomic E-state index is -4.70. The number of alkyl halides is 3. The number of hydrogen-bond donors (Lipinski definition) is 1. The Morgan fingerprint density at radius 1 is 1.17 bits per heavy atom. The Morgan fingerprint density at radius 2 is 1.93 bits per heavy atom. The molecular weight excluding hydrogens is 560 g/mol. The van der Waals surface area contributed by atoms with Crippen LogP contribution in [-0.4, -0.2) is 38.1 Å². The Balaban J connectivity index is 1.31. The summed E-state index contributed by atoms with van der Waals surface area (Å²) in [7, 11) is -3.21. The number of hydrogen-bond acceptors (Lipinski definition) is 4. The Kier molecular flexibility index (Phi) is 7.48. The second-order valence-electron chi connectivity index (χ2n) is 10.7. The van der Waals surface area contributed by atoms with Gasteiger partial charge in [0.25, 0.3) is 0 Å². The molecule has 2 atom stereocenters. The summed E-state index contributed by atoms with van der Waals surface area (Å²) in [6.45, 7) is 4.06. The van der Waals surface area contributed by atoms with Gasteiger partial charge in [-0.05, 0) is 88.9 Å². The van der Waals surface area contributed by atoms with E-state index < -0.39 is 33.4 Å². The van der Waals surface area contributed by atoms with Gasteiger partial charge in [-0.25, -0.2) is 17.6 Å². The first-order chi connectivity index (χ1) is 19.2. The van der Waals surface area contributed by atoms with E-state index in [1.54, 1.807) is 0 Å². The molecule has 5 nitrogen and oxygen atoms in total. The summed E-state index contributed by atoms with van der Waals surface area (Å²) in [5.41, 5.74) is 3.54. The zero-order valence-electron chi connectivity index (χ0n) is 22.2. The Hall–Kier alpha value is -3.66. The number of carboxylic acid groups (broad SMARTS) is 1. The molecule has 0 amide bonds. The summed E-state index contributed by atoms with van der Waals surface area (Å²) in [5.74, 6) is -1.72. The number of halogens is 4. The fourth-order valence-corrected chi connectivity index (χ4v) is 6.31. The van der Waals surface area contributed by atoms with Gasteiger partial charge in [-0.3, -0.25) is 0 Å². The third-order valence-corrected chi connectivity index (χ3v) is 8.74. The number of carbonyl (C=O) groups is 1. The summed E-state index contributed by atoms with van der Waals surface area (Å²) < 4.78 is 84.7. The lowest BCUT2D eigenvalue weighted by atomic mass is 9.83.